The zero-order valence-corrected chi connectivity index (χ0v) is 11.5. The number of benzene rings is 1. The molecule has 2 N–H and O–H groups in total. The molecule has 0 bridgehead atoms. The van der Waals surface area contributed by atoms with Gasteiger partial charge in [0.2, 0.25) is 0 Å². The van der Waals surface area contributed by atoms with Gasteiger partial charge in [-0.25, -0.2) is 0 Å². The van der Waals surface area contributed by atoms with Crippen molar-refractivity contribution >= 4 is 0 Å². The molecule has 2 aromatic rings. The molecule has 0 aliphatic heterocycles. The van der Waals surface area contributed by atoms with E-state index in [1.54, 1.807) is 6.20 Å². The lowest BCUT2D eigenvalue weighted by Crippen LogP contribution is -2.28. The second-order valence-corrected chi connectivity index (χ2v) is 5.64. The number of nitrogens with one attached hydrogen (secondary N) is 1. The van der Waals surface area contributed by atoms with Gasteiger partial charge in [-0.3, -0.25) is 4.98 Å². The summed E-state index contributed by atoms with van der Waals surface area (Å²) in [7, 11) is 0. The lowest BCUT2D eigenvalue weighted by molar-refractivity contribution is 0.0917. The highest BCUT2D eigenvalue weighted by Gasteiger charge is 2.48. The first-order valence-electron chi connectivity index (χ1n) is 7.13. The summed E-state index contributed by atoms with van der Waals surface area (Å²) in [5, 5.41) is 14.0. The van der Waals surface area contributed by atoms with E-state index < -0.39 is 0 Å². The third-order valence-corrected chi connectivity index (χ3v) is 4.12. The van der Waals surface area contributed by atoms with Gasteiger partial charge in [-0.05, 0) is 30.0 Å². The van der Waals surface area contributed by atoms with Gasteiger partial charge < -0.3 is 10.4 Å². The second-order valence-electron chi connectivity index (χ2n) is 5.64. The normalized spacial score (nSPS) is 17.6. The fraction of sp³-hybridized carbons (Fsp3) is 0.353. The van der Waals surface area contributed by atoms with Crippen LogP contribution in [0, 0.1) is 5.41 Å². The zero-order chi connectivity index (χ0) is 13.8. The molecule has 1 aromatic carbocycles. The molecule has 104 valence electrons. The van der Waals surface area contributed by atoms with E-state index in [-0.39, 0.29) is 11.5 Å². The van der Waals surface area contributed by atoms with Gasteiger partial charge in [0.15, 0.2) is 0 Å². The summed E-state index contributed by atoms with van der Waals surface area (Å²) in [5.74, 6) is 0. The third kappa shape index (κ3) is 2.89. The van der Waals surface area contributed by atoms with Crippen LogP contribution in [0.2, 0.25) is 0 Å². The van der Waals surface area contributed by atoms with Crippen LogP contribution in [0.25, 0.3) is 0 Å². The molecular weight excluding hydrogens is 248 g/mol. The van der Waals surface area contributed by atoms with Crippen molar-refractivity contribution in [3.63, 3.8) is 0 Å². The first kappa shape index (κ1) is 13.3. The number of hydrogen-bond donors (Lipinski definition) is 2. The van der Waals surface area contributed by atoms with Gasteiger partial charge in [0.05, 0.1) is 6.10 Å². The van der Waals surface area contributed by atoms with Gasteiger partial charge in [0.1, 0.15) is 0 Å². The Balaban J connectivity index is 1.57. The molecule has 0 saturated heterocycles. The van der Waals surface area contributed by atoms with Gasteiger partial charge in [0, 0.05) is 30.9 Å². The summed E-state index contributed by atoms with van der Waals surface area (Å²) in [6.07, 6.45) is 5.46. The largest absolute Gasteiger partial charge is 0.388 e. The number of pyridine rings is 1. The summed E-state index contributed by atoms with van der Waals surface area (Å²) in [4.78, 5) is 4.11. The molecule has 0 radical (unpaired) electrons. The van der Waals surface area contributed by atoms with E-state index in [4.69, 9.17) is 0 Å². The van der Waals surface area contributed by atoms with Crippen LogP contribution in [-0.2, 0) is 6.54 Å². The van der Waals surface area contributed by atoms with Crippen LogP contribution in [0.3, 0.4) is 0 Å². The topological polar surface area (TPSA) is 45.1 Å². The summed E-state index contributed by atoms with van der Waals surface area (Å²) in [6, 6.07) is 14.0. The van der Waals surface area contributed by atoms with Crippen LogP contribution >= 0.6 is 0 Å². The summed E-state index contributed by atoms with van der Waals surface area (Å²) < 4.78 is 0. The Bertz CT molecular complexity index is 537. The Labute approximate surface area is 119 Å². The van der Waals surface area contributed by atoms with Crippen LogP contribution in [0.1, 0.15) is 30.1 Å². The smallest absolute Gasteiger partial charge is 0.0858 e. The van der Waals surface area contributed by atoms with Crippen molar-refractivity contribution in [3.05, 3.63) is 66.0 Å². The maximum absolute atomic E-state index is 10.6. The van der Waals surface area contributed by atoms with Crippen LogP contribution in [0.4, 0.5) is 0 Å². The number of aliphatic hydroxyl groups excluding tert-OH is 1. The van der Waals surface area contributed by atoms with Crippen LogP contribution in [0.5, 0.6) is 0 Å². The van der Waals surface area contributed by atoms with Gasteiger partial charge in [0.25, 0.3) is 0 Å². The fourth-order valence-corrected chi connectivity index (χ4v) is 2.65. The molecule has 3 nitrogen and oxygen atoms in total. The highest BCUT2D eigenvalue weighted by atomic mass is 16.3. The van der Waals surface area contributed by atoms with Crippen LogP contribution < -0.4 is 5.32 Å². The van der Waals surface area contributed by atoms with E-state index in [0.29, 0.717) is 0 Å². The maximum Gasteiger partial charge on any atom is 0.0858 e. The Kier molecular flexibility index (Phi) is 3.81. The first-order chi connectivity index (χ1) is 9.80. The predicted octanol–water partition coefficient (Wildman–Crippen LogP) is 2.69. The highest BCUT2D eigenvalue weighted by Crippen LogP contribution is 2.54. The van der Waals surface area contributed by atoms with Crippen molar-refractivity contribution in [2.75, 3.05) is 6.54 Å². The lowest BCUT2D eigenvalue weighted by Gasteiger charge is -2.23. The molecule has 1 unspecified atom stereocenters. The minimum absolute atomic E-state index is 0.0174. The van der Waals surface area contributed by atoms with Crippen molar-refractivity contribution in [1.29, 1.82) is 0 Å². The van der Waals surface area contributed by atoms with E-state index in [0.717, 1.165) is 31.5 Å². The molecule has 3 heteroatoms. The second kappa shape index (κ2) is 5.73. The summed E-state index contributed by atoms with van der Waals surface area (Å²) in [5.41, 5.74) is 2.22. The third-order valence-electron chi connectivity index (χ3n) is 4.12. The predicted molar refractivity (Wildman–Crippen MR) is 79.0 cm³/mol. The number of aliphatic hydroxyl groups is 1. The van der Waals surface area contributed by atoms with E-state index in [9.17, 15) is 5.11 Å². The number of aromatic nitrogens is 1. The Morgan fingerprint density at radius 2 is 1.95 bits per heavy atom. The Hall–Kier alpha value is -1.71. The van der Waals surface area contributed by atoms with Crippen molar-refractivity contribution in [1.82, 2.24) is 10.3 Å². The molecule has 20 heavy (non-hydrogen) atoms. The van der Waals surface area contributed by atoms with Crippen molar-refractivity contribution in [2.45, 2.75) is 25.5 Å². The maximum atomic E-state index is 10.6. The number of nitrogens with zero attached hydrogens (tertiary/aromatic N) is 1. The van der Waals surface area contributed by atoms with Crippen LogP contribution in [-0.4, -0.2) is 16.6 Å². The molecule has 1 aliphatic rings. The minimum Gasteiger partial charge on any atom is -0.388 e. The summed E-state index contributed by atoms with van der Waals surface area (Å²) >= 11 is 0. The fourth-order valence-electron chi connectivity index (χ4n) is 2.65. The van der Waals surface area contributed by atoms with Crippen molar-refractivity contribution < 1.29 is 5.11 Å². The van der Waals surface area contributed by atoms with E-state index >= 15 is 0 Å². The zero-order valence-electron chi connectivity index (χ0n) is 11.5. The van der Waals surface area contributed by atoms with E-state index in [1.165, 1.54) is 5.56 Å². The standard InChI is InChI=1S/C17H20N2O/c20-16(15-6-2-1-3-7-15)17(8-9-17)13-19-12-14-5-4-10-18-11-14/h1-7,10-11,16,19-20H,8-9,12-13H2. The molecular formula is C17H20N2O. The van der Waals surface area contributed by atoms with Crippen molar-refractivity contribution in [3.8, 4) is 0 Å². The van der Waals surface area contributed by atoms with E-state index in [2.05, 4.69) is 16.4 Å². The molecule has 1 aromatic heterocycles. The quantitative estimate of drug-likeness (QED) is 0.846. The lowest BCUT2D eigenvalue weighted by atomic mass is 9.92. The van der Waals surface area contributed by atoms with Crippen LogP contribution in [0.15, 0.2) is 54.9 Å². The number of hydrogen-bond acceptors (Lipinski definition) is 3. The molecule has 1 atom stereocenters. The van der Waals surface area contributed by atoms with Gasteiger partial charge in [-0.1, -0.05) is 36.4 Å². The average molecular weight is 268 g/mol. The first-order valence-corrected chi connectivity index (χ1v) is 7.13. The molecule has 1 aliphatic carbocycles. The van der Waals surface area contributed by atoms with Gasteiger partial charge >= 0.3 is 0 Å². The molecule has 1 fully saturated rings. The molecule has 1 heterocycles. The molecule has 1 saturated carbocycles. The number of rotatable bonds is 6. The minimum atomic E-state index is -0.370. The highest BCUT2D eigenvalue weighted by molar-refractivity contribution is 5.22. The van der Waals surface area contributed by atoms with Gasteiger partial charge in [-0.15, -0.1) is 0 Å². The van der Waals surface area contributed by atoms with E-state index in [1.807, 2.05) is 42.6 Å². The van der Waals surface area contributed by atoms with Crippen molar-refractivity contribution in [2.24, 2.45) is 5.41 Å². The Morgan fingerprint density at radius 1 is 1.15 bits per heavy atom. The molecule has 3 rings (SSSR count). The Morgan fingerprint density at radius 3 is 2.60 bits per heavy atom. The molecule has 0 spiro atoms. The monoisotopic (exact) mass is 268 g/mol. The average Bonchev–Trinajstić information content (AvgIpc) is 3.30. The SMILES string of the molecule is OC(c1ccccc1)C1(CNCc2cccnc2)CC1. The van der Waals surface area contributed by atoms with Gasteiger partial charge in [-0.2, -0.15) is 0 Å². The summed E-state index contributed by atoms with van der Waals surface area (Å²) in [6.45, 7) is 1.65. The molecule has 0 amide bonds.